The fourth-order valence-corrected chi connectivity index (χ4v) is 3.25. The SMILES string of the molecule is Cc1nn(CN(C)Cc2cnn(-c3ccccc3)c2)c(=O)c2ccccc12. The average Bonchev–Trinajstić information content (AvgIpc) is 3.15. The second-order valence-corrected chi connectivity index (χ2v) is 6.72. The van der Waals surface area contributed by atoms with Crippen molar-refractivity contribution in [3.05, 3.63) is 88.6 Å². The molecule has 0 aliphatic rings. The maximum atomic E-state index is 12.7. The van der Waals surface area contributed by atoms with E-state index in [1.54, 1.807) is 0 Å². The third-order valence-electron chi connectivity index (χ3n) is 4.54. The molecule has 6 heteroatoms. The largest absolute Gasteiger partial charge is 0.283 e. The molecule has 136 valence electrons. The minimum atomic E-state index is -0.0666. The Morgan fingerprint density at radius 1 is 1.00 bits per heavy atom. The van der Waals surface area contributed by atoms with E-state index in [0.29, 0.717) is 18.6 Å². The number of nitrogens with zero attached hydrogens (tertiary/aromatic N) is 5. The van der Waals surface area contributed by atoms with Gasteiger partial charge in [-0.05, 0) is 32.2 Å². The zero-order valence-electron chi connectivity index (χ0n) is 15.4. The van der Waals surface area contributed by atoms with Crippen molar-refractivity contribution in [2.24, 2.45) is 0 Å². The smallest absolute Gasteiger partial charge is 0.275 e. The van der Waals surface area contributed by atoms with Crippen LogP contribution < -0.4 is 5.56 Å². The number of aryl methyl sites for hydroxylation is 1. The van der Waals surface area contributed by atoms with Gasteiger partial charge in [0.1, 0.15) is 0 Å². The fraction of sp³-hybridized carbons (Fsp3) is 0.190. The highest BCUT2D eigenvalue weighted by Gasteiger charge is 2.10. The Hall–Kier alpha value is -3.25. The Labute approximate surface area is 157 Å². The number of aromatic nitrogens is 4. The molecular formula is C21H21N5O. The van der Waals surface area contributed by atoms with E-state index in [1.807, 2.05) is 85.6 Å². The van der Waals surface area contributed by atoms with Gasteiger partial charge in [0.25, 0.3) is 5.56 Å². The molecule has 0 saturated carbocycles. The second-order valence-electron chi connectivity index (χ2n) is 6.72. The minimum Gasteiger partial charge on any atom is -0.283 e. The van der Waals surface area contributed by atoms with Gasteiger partial charge in [0.2, 0.25) is 0 Å². The summed E-state index contributed by atoms with van der Waals surface area (Å²) in [7, 11) is 1.97. The first-order valence-electron chi connectivity index (χ1n) is 8.86. The van der Waals surface area contributed by atoms with E-state index < -0.39 is 0 Å². The number of para-hydroxylation sites is 1. The molecule has 0 amide bonds. The van der Waals surface area contributed by atoms with Gasteiger partial charge < -0.3 is 0 Å². The average molecular weight is 359 g/mol. The van der Waals surface area contributed by atoms with Gasteiger partial charge in [-0.2, -0.15) is 10.2 Å². The molecule has 0 fully saturated rings. The topological polar surface area (TPSA) is 56.0 Å². The van der Waals surface area contributed by atoms with Crippen molar-refractivity contribution in [2.45, 2.75) is 20.1 Å². The lowest BCUT2D eigenvalue weighted by molar-refractivity contribution is 0.240. The fourth-order valence-electron chi connectivity index (χ4n) is 3.25. The molecule has 0 radical (unpaired) electrons. The van der Waals surface area contributed by atoms with Crippen LogP contribution in [-0.2, 0) is 13.2 Å². The van der Waals surface area contributed by atoms with Crippen LogP contribution in [0.4, 0.5) is 0 Å². The van der Waals surface area contributed by atoms with Gasteiger partial charge in [-0.25, -0.2) is 9.36 Å². The molecule has 0 bridgehead atoms. The van der Waals surface area contributed by atoms with Crippen LogP contribution in [0.25, 0.3) is 16.5 Å². The summed E-state index contributed by atoms with van der Waals surface area (Å²) in [4.78, 5) is 14.8. The number of benzene rings is 2. The third kappa shape index (κ3) is 3.52. The molecule has 0 atom stereocenters. The maximum Gasteiger partial charge on any atom is 0.275 e. The van der Waals surface area contributed by atoms with Crippen molar-refractivity contribution in [1.29, 1.82) is 0 Å². The number of hydrogen-bond acceptors (Lipinski definition) is 4. The molecule has 0 saturated heterocycles. The minimum absolute atomic E-state index is 0.0666. The summed E-state index contributed by atoms with van der Waals surface area (Å²) in [5, 5.41) is 10.5. The van der Waals surface area contributed by atoms with Crippen molar-refractivity contribution in [1.82, 2.24) is 24.5 Å². The molecule has 0 spiro atoms. The quantitative estimate of drug-likeness (QED) is 0.550. The standard InChI is InChI=1S/C21H21N5O/c1-16-19-10-6-7-11-20(19)21(27)26(23-16)15-24(2)13-17-12-22-25(14-17)18-8-4-3-5-9-18/h3-12,14H,13,15H2,1-2H3. The zero-order chi connectivity index (χ0) is 18.8. The van der Waals surface area contributed by atoms with Crippen LogP contribution in [0, 0.1) is 6.92 Å². The van der Waals surface area contributed by atoms with Gasteiger partial charge in [-0.3, -0.25) is 9.69 Å². The Kier molecular flexibility index (Phi) is 4.56. The first-order chi connectivity index (χ1) is 13.1. The molecule has 6 nitrogen and oxygen atoms in total. The van der Waals surface area contributed by atoms with Gasteiger partial charge in [-0.15, -0.1) is 0 Å². The van der Waals surface area contributed by atoms with E-state index in [4.69, 9.17) is 0 Å². The van der Waals surface area contributed by atoms with Crippen molar-refractivity contribution >= 4 is 10.8 Å². The van der Waals surface area contributed by atoms with E-state index >= 15 is 0 Å². The van der Waals surface area contributed by atoms with Crippen LogP contribution >= 0.6 is 0 Å². The van der Waals surface area contributed by atoms with Gasteiger partial charge in [0.05, 0.1) is 29.6 Å². The van der Waals surface area contributed by atoms with E-state index in [-0.39, 0.29) is 5.56 Å². The second kappa shape index (κ2) is 7.17. The van der Waals surface area contributed by atoms with Gasteiger partial charge in [0, 0.05) is 23.7 Å². The van der Waals surface area contributed by atoms with E-state index in [1.165, 1.54) is 4.68 Å². The molecule has 2 aromatic heterocycles. The number of rotatable bonds is 5. The third-order valence-corrected chi connectivity index (χ3v) is 4.54. The summed E-state index contributed by atoms with van der Waals surface area (Å²) in [5.74, 6) is 0. The van der Waals surface area contributed by atoms with Crippen LogP contribution in [0.3, 0.4) is 0 Å². The Morgan fingerprint density at radius 3 is 2.48 bits per heavy atom. The molecule has 27 heavy (non-hydrogen) atoms. The maximum absolute atomic E-state index is 12.7. The van der Waals surface area contributed by atoms with E-state index in [2.05, 4.69) is 15.1 Å². The van der Waals surface area contributed by atoms with Crippen LogP contribution in [0.2, 0.25) is 0 Å². The molecule has 0 N–H and O–H groups in total. The zero-order valence-corrected chi connectivity index (χ0v) is 15.4. The molecule has 0 aliphatic heterocycles. The first-order valence-corrected chi connectivity index (χ1v) is 8.86. The Bertz CT molecular complexity index is 1130. The summed E-state index contributed by atoms with van der Waals surface area (Å²) < 4.78 is 3.38. The summed E-state index contributed by atoms with van der Waals surface area (Å²) >= 11 is 0. The van der Waals surface area contributed by atoms with Crippen LogP contribution in [0.15, 0.2) is 71.8 Å². The lowest BCUT2D eigenvalue weighted by Gasteiger charge is -2.17. The van der Waals surface area contributed by atoms with Crippen molar-refractivity contribution in [3.63, 3.8) is 0 Å². The molecular weight excluding hydrogens is 338 g/mol. The molecule has 0 unspecified atom stereocenters. The number of fused-ring (bicyclic) bond motifs is 1. The number of hydrogen-bond donors (Lipinski definition) is 0. The predicted molar refractivity (Wildman–Crippen MR) is 106 cm³/mol. The van der Waals surface area contributed by atoms with Gasteiger partial charge in [-0.1, -0.05) is 36.4 Å². The van der Waals surface area contributed by atoms with Crippen molar-refractivity contribution in [3.8, 4) is 5.69 Å². The monoisotopic (exact) mass is 359 g/mol. The predicted octanol–water partition coefficient (Wildman–Crippen LogP) is 2.98. The highest BCUT2D eigenvalue weighted by atomic mass is 16.1. The van der Waals surface area contributed by atoms with Crippen LogP contribution in [0.1, 0.15) is 11.3 Å². The first kappa shape index (κ1) is 17.2. The normalized spacial score (nSPS) is 11.4. The Balaban J connectivity index is 1.53. The van der Waals surface area contributed by atoms with Gasteiger partial charge >= 0.3 is 0 Å². The molecule has 4 aromatic rings. The summed E-state index contributed by atoms with van der Waals surface area (Å²) in [5.41, 5.74) is 2.89. The van der Waals surface area contributed by atoms with Crippen molar-refractivity contribution < 1.29 is 0 Å². The molecule has 0 aliphatic carbocycles. The summed E-state index contributed by atoms with van der Waals surface area (Å²) in [6.45, 7) is 3.02. The Morgan fingerprint density at radius 2 is 1.70 bits per heavy atom. The van der Waals surface area contributed by atoms with Crippen molar-refractivity contribution in [2.75, 3.05) is 7.05 Å². The van der Waals surface area contributed by atoms with E-state index in [9.17, 15) is 4.79 Å². The van der Waals surface area contributed by atoms with Gasteiger partial charge in [0.15, 0.2) is 0 Å². The lowest BCUT2D eigenvalue weighted by Crippen LogP contribution is -2.32. The van der Waals surface area contributed by atoms with E-state index in [0.717, 1.165) is 22.3 Å². The highest BCUT2D eigenvalue weighted by Crippen LogP contribution is 2.13. The molecule has 2 heterocycles. The van der Waals surface area contributed by atoms with Crippen LogP contribution in [-0.4, -0.2) is 31.5 Å². The van der Waals surface area contributed by atoms with Crippen LogP contribution in [0.5, 0.6) is 0 Å². The summed E-state index contributed by atoms with van der Waals surface area (Å²) in [6, 6.07) is 17.6. The molecule has 4 rings (SSSR count). The molecule has 2 aromatic carbocycles. The lowest BCUT2D eigenvalue weighted by atomic mass is 10.1. The highest BCUT2D eigenvalue weighted by molar-refractivity contribution is 5.83. The summed E-state index contributed by atoms with van der Waals surface area (Å²) in [6.07, 6.45) is 3.86.